The lowest BCUT2D eigenvalue weighted by molar-refractivity contribution is 0.311. The summed E-state index contributed by atoms with van der Waals surface area (Å²) in [5.74, 6) is 2.23. The molecule has 4 nitrogen and oxygen atoms in total. The number of hydrogen-bond donors (Lipinski definition) is 1. The zero-order valence-corrected chi connectivity index (χ0v) is 13.9. The maximum atomic E-state index is 6.08. The second-order valence-corrected chi connectivity index (χ2v) is 6.67. The first kappa shape index (κ1) is 15.5. The van der Waals surface area contributed by atoms with Gasteiger partial charge in [0, 0.05) is 9.37 Å². The second-order valence-electron chi connectivity index (χ2n) is 4.70. The highest BCUT2D eigenvalue weighted by Crippen LogP contribution is 2.25. The SMILES string of the molecule is CCC(C)[C@H](N)c1nc(CSc2ccc(Br)cc2)no1. The number of halogens is 1. The fraction of sp³-hybridized carbons (Fsp3) is 0.429. The Balaban J connectivity index is 1.94. The Bertz CT molecular complexity index is 544. The summed E-state index contributed by atoms with van der Waals surface area (Å²) in [7, 11) is 0. The largest absolute Gasteiger partial charge is 0.338 e. The fourth-order valence-corrected chi connectivity index (χ4v) is 2.64. The Hall–Kier alpha value is -0.850. The predicted molar refractivity (Wildman–Crippen MR) is 84.4 cm³/mol. The smallest absolute Gasteiger partial charge is 0.243 e. The predicted octanol–water partition coefficient (Wildman–Crippen LogP) is 4.17. The molecule has 2 rings (SSSR count). The zero-order valence-electron chi connectivity index (χ0n) is 11.5. The first-order valence-corrected chi connectivity index (χ1v) is 8.34. The normalized spacial score (nSPS) is 14.2. The van der Waals surface area contributed by atoms with Gasteiger partial charge in [-0.1, -0.05) is 41.4 Å². The third kappa shape index (κ3) is 4.07. The molecule has 0 bridgehead atoms. The molecule has 0 spiro atoms. The van der Waals surface area contributed by atoms with Gasteiger partial charge in [0.15, 0.2) is 5.82 Å². The molecular formula is C14H18BrN3OS. The van der Waals surface area contributed by atoms with E-state index in [1.807, 2.05) is 12.1 Å². The Kier molecular flexibility index (Phi) is 5.63. The monoisotopic (exact) mass is 355 g/mol. The van der Waals surface area contributed by atoms with E-state index < -0.39 is 0 Å². The second kappa shape index (κ2) is 7.24. The van der Waals surface area contributed by atoms with E-state index in [1.165, 1.54) is 4.90 Å². The average Bonchev–Trinajstić information content (AvgIpc) is 2.94. The number of benzene rings is 1. The Morgan fingerprint density at radius 2 is 2.05 bits per heavy atom. The van der Waals surface area contributed by atoms with Crippen LogP contribution in [0.4, 0.5) is 0 Å². The highest BCUT2D eigenvalue weighted by atomic mass is 79.9. The standard InChI is InChI=1S/C14H18BrN3OS/c1-3-9(2)13(16)14-17-12(18-19-14)8-20-11-6-4-10(15)5-7-11/h4-7,9,13H,3,8,16H2,1-2H3/t9?,13-/m0/s1. The molecule has 0 saturated heterocycles. The molecule has 2 N–H and O–H groups in total. The number of thioether (sulfide) groups is 1. The molecule has 0 aliphatic rings. The van der Waals surface area contributed by atoms with E-state index in [1.54, 1.807) is 11.8 Å². The van der Waals surface area contributed by atoms with Crippen molar-refractivity contribution in [1.29, 1.82) is 0 Å². The summed E-state index contributed by atoms with van der Waals surface area (Å²) in [5, 5.41) is 3.99. The molecular weight excluding hydrogens is 338 g/mol. The molecule has 0 aliphatic carbocycles. The number of hydrogen-bond acceptors (Lipinski definition) is 5. The van der Waals surface area contributed by atoms with Crippen LogP contribution in [0.1, 0.15) is 38.0 Å². The maximum Gasteiger partial charge on any atom is 0.243 e. The van der Waals surface area contributed by atoms with Gasteiger partial charge >= 0.3 is 0 Å². The van der Waals surface area contributed by atoms with Crippen molar-refractivity contribution >= 4 is 27.7 Å². The Labute approximate surface area is 131 Å². The molecule has 0 amide bonds. The van der Waals surface area contributed by atoms with E-state index in [4.69, 9.17) is 10.3 Å². The van der Waals surface area contributed by atoms with Gasteiger partial charge in [-0.3, -0.25) is 0 Å². The van der Waals surface area contributed by atoms with Crippen LogP contribution < -0.4 is 5.73 Å². The van der Waals surface area contributed by atoms with Gasteiger partial charge in [0.1, 0.15) is 0 Å². The first-order valence-electron chi connectivity index (χ1n) is 6.56. The van der Waals surface area contributed by atoms with Crippen molar-refractivity contribution in [3.63, 3.8) is 0 Å². The molecule has 1 heterocycles. The quantitative estimate of drug-likeness (QED) is 0.787. The first-order chi connectivity index (χ1) is 9.60. The molecule has 1 aromatic carbocycles. The topological polar surface area (TPSA) is 64.9 Å². The minimum atomic E-state index is -0.182. The molecule has 1 unspecified atom stereocenters. The molecule has 0 aliphatic heterocycles. The third-order valence-electron chi connectivity index (χ3n) is 3.21. The van der Waals surface area contributed by atoms with E-state index in [0.29, 0.717) is 23.4 Å². The molecule has 0 saturated carbocycles. The summed E-state index contributed by atoms with van der Waals surface area (Å²) in [6.07, 6.45) is 0.993. The molecule has 20 heavy (non-hydrogen) atoms. The van der Waals surface area contributed by atoms with Crippen molar-refractivity contribution in [2.75, 3.05) is 0 Å². The Morgan fingerprint density at radius 1 is 1.35 bits per heavy atom. The number of nitrogens with two attached hydrogens (primary N) is 1. The Morgan fingerprint density at radius 3 is 2.70 bits per heavy atom. The van der Waals surface area contributed by atoms with Gasteiger partial charge in [-0.15, -0.1) is 11.8 Å². The molecule has 6 heteroatoms. The zero-order chi connectivity index (χ0) is 14.5. The van der Waals surface area contributed by atoms with E-state index in [0.717, 1.165) is 10.9 Å². The van der Waals surface area contributed by atoms with Crippen LogP contribution in [0.3, 0.4) is 0 Å². The number of nitrogens with zero attached hydrogens (tertiary/aromatic N) is 2. The van der Waals surface area contributed by atoms with Crippen LogP contribution in [0.2, 0.25) is 0 Å². The van der Waals surface area contributed by atoms with Crippen LogP contribution in [-0.2, 0) is 5.75 Å². The third-order valence-corrected chi connectivity index (χ3v) is 4.74. The molecule has 2 aromatic rings. The van der Waals surface area contributed by atoms with Gasteiger partial charge in [0.05, 0.1) is 11.8 Å². The highest BCUT2D eigenvalue weighted by Gasteiger charge is 2.19. The number of rotatable bonds is 6. The van der Waals surface area contributed by atoms with Crippen LogP contribution >= 0.6 is 27.7 Å². The van der Waals surface area contributed by atoms with Gasteiger partial charge < -0.3 is 10.3 Å². The van der Waals surface area contributed by atoms with Crippen LogP contribution in [0.25, 0.3) is 0 Å². The average molecular weight is 356 g/mol. The molecule has 0 fully saturated rings. The molecule has 108 valence electrons. The highest BCUT2D eigenvalue weighted by molar-refractivity contribution is 9.10. The van der Waals surface area contributed by atoms with Gasteiger partial charge in [0.25, 0.3) is 0 Å². The van der Waals surface area contributed by atoms with Crippen LogP contribution in [0.5, 0.6) is 0 Å². The van der Waals surface area contributed by atoms with E-state index >= 15 is 0 Å². The fourth-order valence-electron chi connectivity index (χ4n) is 1.64. The summed E-state index contributed by atoms with van der Waals surface area (Å²) in [5.41, 5.74) is 6.08. The van der Waals surface area contributed by atoms with Gasteiger partial charge in [-0.2, -0.15) is 4.98 Å². The minimum absolute atomic E-state index is 0.182. The lowest BCUT2D eigenvalue weighted by Crippen LogP contribution is -2.18. The summed E-state index contributed by atoms with van der Waals surface area (Å²) in [6.45, 7) is 4.19. The van der Waals surface area contributed by atoms with Crippen LogP contribution in [0, 0.1) is 5.92 Å². The molecule has 0 radical (unpaired) electrons. The molecule has 2 atom stereocenters. The van der Waals surface area contributed by atoms with Crippen molar-refractivity contribution in [3.05, 3.63) is 40.5 Å². The summed E-state index contributed by atoms with van der Waals surface area (Å²) < 4.78 is 6.32. The lowest BCUT2D eigenvalue weighted by atomic mass is 10.0. The van der Waals surface area contributed by atoms with E-state index in [2.05, 4.69) is 52.1 Å². The number of aromatic nitrogens is 2. The minimum Gasteiger partial charge on any atom is -0.338 e. The van der Waals surface area contributed by atoms with Gasteiger partial charge in [0.2, 0.25) is 5.89 Å². The summed E-state index contributed by atoms with van der Waals surface area (Å²) >= 11 is 5.09. The van der Waals surface area contributed by atoms with Crippen molar-refractivity contribution in [2.45, 2.75) is 37.0 Å². The van der Waals surface area contributed by atoms with Crippen LogP contribution in [-0.4, -0.2) is 10.1 Å². The van der Waals surface area contributed by atoms with Crippen molar-refractivity contribution in [1.82, 2.24) is 10.1 Å². The van der Waals surface area contributed by atoms with Crippen LogP contribution in [0.15, 0.2) is 38.2 Å². The van der Waals surface area contributed by atoms with Crippen molar-refractivity contribution in [2.24, 2.45) is 11.7 Å². The van der Waals surface area contributed by atoms with Gasteiger partial charge in [-0.05, 0) is 30.2 Å². The lowest BCUT2D eigenvalue weighted by Gasteiger charge is -2.12. The molecule has 1 aromatic heterocycles. The maximum absolute atomic E-state index is 6.08. The van der Waals surface area contributed by atoms with Crippen molar-refractivity contribution in [3.8, 4) is 0 Å². The van der Waals surface area contributed by atoms with E-state index in [9.17, 15) is 0 Å². The summed E-state index contributed by atoms with van der Waals surface area (Å²) in [6, 6.07) is 7.96. The van der Waals surface area contributed by atoms with E-state index in [-0.39, 0.29) is 6.04 Å². The van der Waals surface area contributed by atoms with Crippen molar-refractivity contribution < 1.29 is 4.52 Å². The summed E-state index contributed by atoms with van der Waals surface area (Å²) in [4.78, 5) is 5.55. The van der Waals surface area contributed by atoms with Gasteiger partial charge in [-0.25, -0.2) is 0 Å².